The smallest absolute Gasteiger partial charge is 0.259 e. The topological polar surface area (TPSA) is 97.5 Å². The number of nitrogens with zero attached hydrogens (tertiary/aromatic N) is 3. The molecule has 3 aromatic rings. The van der Waals surface area contributed by atoms with Crippen molar-refractivity contribution in [1.29, 1.82) is 0 Å². The van der Waals surface area contributed by atoms with Crippen LogP contribution in [0.1, 0.15) is 0 Å². The van der Waals surface area contributed by atoms with Gasteiger partial charge in [0.15, 0.2) is 9.50 Å². The van der Waals surface area contributed by atoms with Gasteiger partial charge in [-0.2, -0.15) is 0 Å². The lowest BCUT2D eigenvalue weighted by Crippen LogP contribution is -2.09. The van der Waals surface area contributed by atoms with Gasteiger partial charge in [-0.05, 0) is 30.0 Å². The van der Waals surface area contributed by atoms with Crippen LogP contribution in [0.4, 0.5) is 5.69 Å². The zero-order valence-electron chi connectivity index (χ0n) is 8.95. The molecule has 0 aliphatic carbocycles. The van der Waals surface area contributed by atoms with Gasteiger partial charge in [0.25, 0.3) is 5.56 Å². The molecule has 0 saturated carbocycles. The Morgan fingerprint density at radius 3 is 3.06 bits per heavy atom. The lowest BCUT2D eigenvalue weighted by Gasteiger charge is -2.01. The van der Waals surface area contributed by atoms with Crippen LogP contribution in [-0.4, -0.2) is 20.2 Å². The second kappa shape index (κ2) is 4.39. The molecule has 2 heterocycles. The molecule has 0 aliphatic rings. The molecule has 0 saturated heterocycles. The van der Waals surface area contributed by atoms with Crippen LogP contribution in [0.3, 0.4) is 0 Å². The molecule has 3 N–H and O–H groups in total. The van der Waals surface area contributed by atoms with Crippen molar-refractivity contribution >= 4 is 39.7 Å². The van der Waals surface area contributed by atoms with Gasteiger partial charge in [0.1, 0.15) is 5.51 Å². The molecule has 0 unspecified atom stereocenters. The van der Waals surface area contributed by atoms with E-state index in [2.05, 4.69) is 20.2 Å². The number of hydrogen-bond donors (Lipinski definition) is 2. The van der Waals surface area contributed by atoms with Gasteiger partial charge in [0.05, 0.1) is 10.9 Å². The standard InChI is InChI=1S/C10H7N5OS2/c11-5-1-2-7-6(3-5)8(16)14-9(13-7)18-10-15-12-4-17-10/h1-4H,11H2,(H,13,14,16). The van der Waals surface area contributed by atoms with Crippen molar-refractivity contribution in [2.45, 2.75) is 9.50 Å². The van der Waals surface area contributed by atoms with Crippen LogP contribution >= 0.6 is 23.1 Å². The van der Waals surface area contributed by atoms with Crippen LogP contribution in [0.5, 0.6) is 0 Å². The van der Waals surface area contributed by atoms with Gasteiger partial charge in [0, 0.05) is 5.69 Å². The zero-order valence-corrected chi connectivity index (χ0v) is 10.6. The van der Waals surface area contributed by atoms with Crippen LogP contribution in [0, 0.1) is 0 Å². The number of hydrogen-bond acceptors (Lipinski definition) is 7. The average molecular weight is 277 g/mol. The second-order valence-electron chi connectivity index (χ2n) is 3.45. The monoisotopic (exact) mass is 277 g/mol. The lowest BCUT2D eigenvalue weighted by molar-refractivity contribution is 0.960. The van der Waals surface area contributed by atoms with Gasteiger partial charge in [-0.1, -0.05) is 11.3 Å². The summed E-state index contributed by atoms with van der Waals surface area (Å²) in [5.74, 6) is 0. The van der Waals surface area contributed by atoms with E-state index < -0.39 is 0 Å². The Balaban J connectivity index is 2.10. The predicted molar refractivity (Wildman–Crippen MR) is 70.8 cm³/mol. The van der Waals surface area contributed by atoms with Crippen molar-refractivity contribution in [3.05, 3.63) is 34.1 Å². The number of rotatable bonds is 2. The SMILES string of the molecule is Nc1ccc2nc(Sc3nncs3)[nH]c(=O)c2c1. The highest BCUT2D eigenvalue weighted by Gasteiger charge is 2.07. The molecule has 0 fully saturated rings. The van der Waals surface area contributed by atoms with E-state index in [1.165, 1.54) is 23.1 Å². The van der Waals surface area contributed by atoms with E-state index in [0.29, 0.717) is 21.7 Å². The number of benzene rings is 1. The number of nitrogen functional groups attached to an aromatic ring is 1. The van der Waals surface area contributed by atoms with Crippen molar-refractivity contribution in [3.63, 3.8) is 0 Å². The first kappa shape index (κ1) is 11.2. The van der Waals surface area contributed by atoms with E-state index in [0.717, 1.165) is 4.34 Å². The summed E-state index contributed by atoms with van der Waals surface area (Å²) in [6, 6.07) is 5.05. The third kappa shape index (κ3) is 2.07. The molecule has 6 nitrogen and oxygen atoms in total. The first-order chi connectivity index (χ1) is 8.72. The quantitative estimate of drug-likeness (QED) is 0.544. The van der Waals surface area contributed by atoms with Crippen LogP contribution in [0.2, 0.25) is 0 Å². The number of aromatic amines is 1. The minimum Gasteiger partial charge on any atom is -0.399 e. The zero-order chi connectivity index (χ0) is 12.5. The maximum atomic E-state index is 11.9. The van der Waals surface area contributed by atoms with Crippen molar-refractivity contribution in [2.24, 2.45) is 0 Å². The van der Waals surface area contributed by atoms with Crippen LogP contribution in [0.25, 0.3) is 10.9 Å². The van der Waals surface area contributed by atoms with Crippen molar-refractivity contribution in [1.82, 2.24) is 20.2 Å². The highest BCUT2D eigenvalue weighted by Crippen LogP contribution is 2.25. The van der Waals surface area contributed by atoms with Gasteiger partial charge in [-0.15, -0.1) is 10.2 Å². The molecule has 3 rings (SSSR count). The summed E-state index contributed by atoms with van der Waals surface area (Å²) in [5, 5.41) is 8.59. The number of fused-ring (bicyclic) bond motifs is 1. The van der Waals surface area contributed by atoms with E-state index in [4.69, 9.17) is 5.73 Å². The number of anilines is 1. The summed E-state index contributed by atoms with van der Waals surface area (Å²) in [5.41, 5.74) is 8.21. The molecule has 18 heavy (non-hydrogen) atoms. The summed E-state index contributed by atoms with van der Waals surface area (Å²) in [6.45, 7) is 0. The molecule has 0 spiro atoms. The molecular formula is C10H7N5OS2. The molecule has 0 amide bonds. The van der Waals surface area contributed by atoms with Crippen LogP contribution in [-0.2, 0) is 0 Å². The maximum Gasteiger partial charge on any atom is 0.259 e. The second-order valence-corrected chi connectivity index (χ2v) is 5.52. The Morgan fingerprint density at radius 2 is 2.28 bits per heavy atom. The lowest BCUT2D eigenvalue weighted by atomic mass is 10.2. The predicted octanol–water partition coefficient (Wildman–Crippen LogP) is 1.51. The normalized spacial score (nSPS) is 10.9. The van der Waals surface area contributed by atoms with Crippen molar-refractivity contribution in [2.75, 3.05) is 5.73 Å². The Kier molecular flexibility index (Phi) is 2.73. The highest BCUT2D eigenvalue weighted by molar-refractivity contribution is 8.00. The minimum atomic E-state index is -0.209. The van der Waals surface area contributed by atoms with Gasteiger partial charge < -0.3 is 10.7 Å². The molecule has 1 aromatic carbocycles. The summed E-state index contributed by atoms with van der Waals surface area (Å²) in [4.78, 5) is 18.9. The van der Waals surface area contributed by atoms with E-state index >= 15 is 0 Å². The molecule has 8 heteroatoms. The minimum absolute atomic E-state index is 0.209. The summed E-state index contributed by atoms with van der Waals surface area (Å²) in [7, 11) is 0. The number of nitrogens with one attached hydrogen (secondary N) is 1. The number of H-pyrrole nitrogens is 1. The maximum absolute atomic E-state index is 11.9. The molecule has 90 valence electrons. The highest BCUT2D eigenvalue weighted by atomic mass is 32.2. The van der Waals surface area contributed by atoms with E-state index in [-0.39, 0.29) is 5.56 Å². The molecular weight excluding hydrogens is 270 g/mol. The van der Waals surface area contributed by atoms with E-state index in [1.54, 1.807) is 23.7 Å². The van der Waals surface area contributed by atoms with Gasteiger partial charge in [-0.25, -0.2) is 4.98 Å². The summed E-state index contributed by atoms with van der Waals surface area (Å²) in [6.07, 6.45) is 0. The van der Waals surface area contributed by atoms with E-state index in [9.17, 15) is 4.79 Å². The van der Waals surface area contributed by atoms with Crippen molar-refractivity contribution < 1.29 is 0 Å². The van der Waals surface area contributed by atoms with Crippen molar-refractivity contribution in [3.8, 4) is 0 Å². The summed E-state index contributed by atoms with van der Waals surface area (Å²) < 4.78 is 0.730. The Morgan fingerprint density at radius 1 is 1.39 bits per heavy atom. The Labute approximate surface area is 109 Å². The van der Waals surface area contributed by atoms with Crippen LogP contribution in [0.15, 0.2) is 38.0 Å². The number of aromatic nitrogens is 4. The first-order valence-corrected chi connectivity index (χ1v) is 6.65. The number of nitrogens with two attached hydrogens (primary N) is 1. The molecule has 0 radical (unpaired) electrons. The fraction of sp³-hybridized carbons (Fsp3) is 0. The van der Waals surface area contributed by atoms with Crippen LogP contribution < -0.4 is 11.3 Å². The molecule has 0 atom stereocenters. The Hall–Kier alpha value is -1.93. The molecule has 2 aromatic heterocycles. The Bertz CT molecular complexity index is 753. The average Bonchev–Trinajstić information content (AvgIpc) is 2.83. The molecule has 0 aliphatic heterocycles. The van der Waals surface area contributed by atoms with Gasteiger partial charge in [-0.3, -0.25) is 4.79 Å². The molecule has 0 bridgehead atoms. The largest absolute Gasteiger partial charge is 0.399 e. The van der Waals surface area contributed by atoms with Gasteiger partial charge >= 0.3 is 0 Å². The fourth-order valence-electron chi connectivity index (χ4n) is 1.47. The summed E-state index contributed by atoms with van der Waals surface area (Å²) >= 11 is 2.66. The van der Waals surface area contributed by atoms with Gasteiger partial charge in [0.2, 0.25) is 0 Å². The van der Waals surface area contributed by atoms with E-state index in [1.807, 2.05) is 0 Å². The fourth-order valence-corrected chi connectivity index (χ4v) is 2.85. The third-order valence-electron chi connectivity index (χ3n) is 2.23. The third-order valence-corrected chi connectivity index (χ3v) is 3.90. The first-order valence-electron chi connectivity index (χ1n) is 4.96.